The Labute approximate surface area is 671 Å². The van der Waals surface area contributed by atoms with Crippen molar-refractivity contribution in [1.82, 2.24) is 99.6 Å². The third-order valence-corrected chi connectivity index (χ3v) is 18.0. The van der Waals surface area contributed by atoms with Crippen LogP contribution in [0.5, 0.6) is 0 Å². The molecule has 43 nitrogen and oxygen atoms in total. The van der Waals surface area contributed by atoms with E-state index < -0.39 is 213 Å². The largest absolute Gasteiger partial charge is 0.481 e. The van der Waals surface area contributed by atoms with E-state index in [2.05, 4.69) is 94.7 Å². The van der Waals surface area contributed by atoms with Crippen molar-refractivity contribution in [2.75, 3.05) is 103 Å². The molecule has 45 heteroatoms. The number of carboxylic acids is 1. The summed E-state index contributed by atoms with van der Waals surface area (Å²) in [5.41, 5.74) is 12.6. The van der Waals surface area contributed by atoms with Crippen molar-refractivity contribution < 1.29 is 106 Å². The van der Waals surface area contributed by atoms with E-state index in [0.717, 1.165) is 11.8 Å². The highest BCUT2D eigenvalue weighted by Gasteiger charge is 2.35. The van der Waals surface area contributed by atoms with Gasteiger partial charge in [-0.3, -0.25) is 86.3 Å². The maximum atomic E-state index is 14.4. The Kier molecular flexibility index (Phi) is 44.7. The van der Waals surface area contributed by atoms with Crippen LogP contribution in [0, 0.1) is 11.8 Å². The zero-order valence-electron chi connectivity index (χ0n) is 65.5. The number of thioether (sulfide) groups is 2. The van der Waals surface area contributed by atoms with Gasteiger partial charge in [-0.25, -0.2) is 4.98 Å². The van der Waals surface area contributed by atoms with Crippen LogP contribution in [-0.2, 0) is 109 Å². The van der Waals surface area contributed by atoms with Crippen molar-refractivity contribution in [3.05, 3.63) is 54.2 Å². The van der Waals surface area contributed by atoms with Gasteiger partial charge in [-0.15, -0.1) is 11.8 Å². The van der Waals surface area contributed by atoms with E-state index in [-0.39, 0.29) is 88.5 Å². The van der Waals surface area contributed by atoms with Gasteiger partial charge in [-0.05, 0) is 75.8 Å². The Morgan fingerprint density at radius 3 is 1.74 bits per heavy atom. The number of para-hydroxylation sites is 1. The standard InChI is InChI=1S/C70H109N21O22S2/c1-37(2)22-47(67(108)86-45(61(72)102)16-21-114-9)87-68(109)49(24-42-27-73-35-79-42)83-56(97)30-78-70(111)60(38(3)4)90-62(103)39(5)81-66(107)48(23-41-26-75-44-13-11-10-12-43(41)44)88-65(106)46(14-15-53(71)94)82-54(95)28-76-58(99)33-113-20-19-112-18-17-74-63(104)50(25-59(100)101)84-55(96)29-77-64(105)52(34-115-36-80-40(6)93)89-69(110)51(32-92)85-57(98)31-91(7)8/h10-13,26-27,35,37-39,45-52,60,75,92H,14-25,28-34,36H2,1-9H3,(H2,71,94)(H2,72,102)(H,73,79)(H,74,104)(H,76,99)(H,77,105)(H,78,111)(H,80,93)(H,81,107)(H,82,95)(H,83,97)(H,84,96)(H,85,98)(H,86,108)(H,87,109)(H,88,106)(H,89,110)(H,90,103)(H,100,101)/t39-,45-,46-,47-,48-,49-,50-,51-,52-,60-/m0/s1. The first-order chi connectivity index (χ1) is 54.4. The minimum Gasteiger partial charge on any atom is -0.481 e. The van der Waals surface area contributed by atoms with Gasteiger partial charge in [0, 0.05) is 67.5 Å². The van der Waals surface area contributed by atoms with Gasteiger partial charge in [0.2, 0.25) is 100 Å². The Hall–Kier alpha value is -11.0. The summed E-state index contributed by atoms with van der Waals surface area (Å²) in [6.45, 7) is 4.80. The number of aromatic nitrogens is 3. The van der Waals surface area contributed by atoms with Gasteiger partial charge in [0.1, 0.15) is 67.0 Å². The molecule has 0 unspecified atom stereocenters. The molecule has 0 radical (unpaired) electrons. The van der Waals surface area contributed by atoms with Crippen LogP contribution in [-0.4, -0.2) is 300 Å². The van der Waals surface area contributed by atoms with Crippen LogP contribution in [0.2, 0.25) is 0 Å². The number of amides is 17. The number of aliphatic hydroxyl groups excluding tert-OH is 1. The first kappa shape index (κ1) is 98.2. The number of carboxylic acid groups (broad SMARTS) is 1. The molecule has 17 amide bonds. The second-order valence-corrected chi connectivity index (χ2v) is 29.3. The Morgan fingerprint density at radius 2 is 1.13 bits per heavy atom. The summed E-state index contributed by atoms with van der Waals surface area (Å²) in [7, 11) is 3.19. The SMILES string of the molecule is CSCC[C@H](NC(=O)[C@H](CC(C)C)NC(=O)[C@H](Cc1cnc[nH]1)NC(=O)CNC(=O)[C@@H](NC(=O)[C@H](C)NC(=O)[C@H](Cc1c[nH]c2ccccc12)NC(=O)[C@H](CCC(N)=O)NC(=O)CNC(=O)COCCOCCNC(=O)[C@H](CC(=O)O)NC(=O)CNC(=O)[C@H](CSCNC(C)=O)NC(=O)[C@H](CO)NC(=O)CN(C)C)C(C)C)C(N)=O. The number of hydrogen-bond acceptors (Lipinski definition) is 25. The van der Waals surface area contributed by atoms with Crippen LogP contribution in [0.4, 0.5) is 0 Å². The molecule has 10 atom stereocenters. The van der Waals surface area contributed by atoms with Crippen molar-refractivity contribution in [3.63, 3.8) is 0 Å². The summed E-state index contributed by atoms with van der Waals surface area (Å²) in [4.78, 5) is 247. The lowest BCUT2D eigenvalue weighted by atomic mass is 10.0. The Balaban J connectivity index is 1.59. The summed E-state index contributed by atoms with van der Waals surface area (Å²) in [6.07, 6.45) is 4.51. The number of carbonyl (C=O) groups excluding carboxylic acids is 17. The molecule has 3 rings (SSSR count). The molecule has 0 aliphatic heterocycles. The number of nitrogens with zero attached hydrogens (tertiary/aromatic N) is 2. The molecule has 23 N–H and O–H groups in total. The van der Waals surface area contributed by atoms with Crippen LogP contribution in [0.25, 0.3) is 10.9 Å². The van der Waals surface area contributed by atoms with Crippen LogP contribution < -0.4 is 91.2 Å². The predicted molar refractivity (Wildman–Crippen MR) is 417 cm³/mol. The number of hydrogen-bond donors (Lipinski definition) is 21. The maximum absolute atomic E-state index is 14.4. The van der Waals surface area contributed by atoms with E-state index in [0.29, 0.717) is 27.9 Å². The molecule has 2 heterocycles. The van der Waals surface area contributed by atoms with Crippen molar-refractivity contribution in [1.29, 1.82) is 0 Å². The molecular formula is C70H109N21O22S2. The number of aromatic amines is 2. The van der Waals surface area contributed by atoms with Crippen LogP contribution in [0.1, 0.15) is 84.9 Å². The van der Waals surface area contributed by atoms with Gasteiger partial charge in [-0.2, -0.15) is 11.8 Å². The van der Waals surface area contributed by atoms with Gasteiger partial charge in [0.15, 0.2) is 0 Å². The van der Waals surface area contributed by atoms with Gasteiger partial charge >= 0.3 is 5.97 Å². The van der Waals surface area contributed by atoms with Gasteiger partial charge < -0.3 is 126 Å². The minimum atomic E-state index is -1.65. The molecule has 115 heavy (non-hydrogen) atoms. The average Bonchev–Trinajstić information content (AvgIpc) is 1.64. The molecule has 0 aliphatic carbocycles. The fraction of sp³-hybridized carbons (Fsp3) is 0.586. The average molecular weight is 1660 g/mol. The van der Waals surface area contributed by atoms with Crippen molar-refractivity contribution in [2.45, 2.75) is 147 Å². The minimum absolute atomic E-state index is 0.0145. The number of aliphatic carboxylic acids is 1. The first-order valence-electron chi connectivity index (χ1n) is 36.5. The molecule has 1 aromatic carbocycles. The van der Waals surface area contributed by atoms with Gasteiger partial charge in [0.25, 0.3) is 0 Å². The van der Waals surface area contributed by atoms with E-state index in [4.69, 9.17) is 20.9 Å². The molecule has 0 bridgehead atoms. The summed E-state index contributed by atoms with van der Waals surface area (Å²) >= 11 is 2.45. The lowest BCUT2D eigenvalue weighted by Crippen LogP contribution is -2.59. The van der Waals surface area contributed by atoms with Crippen LogP contribution >= 0.6 is 23.5 Å². The molecule has 0 saturated heterocycles. The number of rotatable bonds is 56. The number of nitrogens with one attached hydrogen (secondary N) is 17. The van der Waals surface area contributed by atoms with Crippen molar-refractivity contribution in [2.24, 2.45) is 23.3 Å². The highest BCUT2D eigenvalue weighted by molar-refractivity contribution is 7.99. The molecular weight excluding hydrogens is 1550 g/mol. The normalized spacial score (nSPS) is 13.7. The van der Waals surface area contributed by atoms with E-state index in [9.17, 15) is 96.5 Å². The smallest absolute Gasteiger partial charge is 0.305 e. The van der Waals surface area contributed by atoms with Crippen LogP contribution in [0.15, 0.2) is 43.0 Å². The molecule has 638 valence electrons. The number of likely N-dealkylation sites (N-methyl/N-ethyl adjacent to an activating group) is 1. The summed E-state index contributed by atoms with van der Waals surface area (Å²) < 4.78 is 10.7. The topological polar surface area (TPSA) is 646 Å². The number of H-pyrrole nitrogens is 2. The van der Waals surface area contributed by atoms with Crippen molar-refractivity contribution >= 4 is 141 Å². The molecule has 0 spiro atoms. The molecule has 0 fully saturated rings. The number of carbonyl (C=O) groups is 18. The molecule has 0 saturated carbocycles. The van der Waals surface area contributed by atoms with Gasteiger partial charge in [-0.1, -0.05) is 45.9 Å². The monoisotopic (exact) mass is 1660 g/mol. The maximum Gasteiger partial charge on any atom is 0.305 e. The molecule has 2 aromatic heterocycles. The number of fused-ring (bicyclic) bond motifs is 1. The number of ether oxygens (including phenoxy) is 2. The third-order valence-electron chi connectivity index (χ3n) is 16.4. The van der Waals surface area contributed by atoms with E-state index in [1.165, 1.54) is 43.0 Å². The summed E-state index contributed by atoms with van der Waals surface area (Å²) in [6, 6.07) is -6.77. The fourth-order valence-electron chi connectivity index (χ4n) is 10.5. The van der Waals surface area contributed by atoms with E-state index in [1.807, 2.05) is 20.1 Å². The predicted octanol–water partition coefficient (Wildman–Crippen LogP) is -7.90. The number of benzene rings is 1. The molecule has 0 aliphatic rings. The zero-order chi connectivity index (χ0) is 85.9. The summed E-state index contributed by atoms with van der Waals surface area (Å²) in [5.74, 6) is -16.0. The first-order valence-corrected chi connectivity index (χ1v) is 39.1. The van der Waals surface area contributed by atoms with E-state index in [1.54, 1.807) is 58.4 Å². The lowest BCUT2D eigenvalue weighted by molar-refractivity contribution is -0.141. The number of nitrogens with two attached hydrogens (primary N) is 2. The fourth-order valence-corrected chi connectivity index (χ4v) is 11.9. The van der Waals surface area contributed by atoms with E-state index >= 15 is 0 Å². The third kappa shape index (κ3) is 39.0. The van der Waals surface area contributed by atoms with Gasteiger partial charge in [0.05, 0.1) is 71.2 Å². The van der Waals surface area contributed by atoms with Crippen molar-refractivity contribution in [3.8, 4) is 0 Å². The number of aliphatic hydroxyl groups is 1. The Bertz CT molecular complexity index is 3790. The quantitative estimate of drug-likeness (QED) is 0.0184. The highest BCUT2D eigenvalue weighted by Crippen LogP contribution is 2.20. The lowest BCUT2D eigenvalue weighted by Gasteiger charge is -2.26. The Morgan fingerprint density at radius 1 is 0.565 bits per heavy atom. The molecule has 3 aromatic rings. The second-order valence-electron chi connectivity index (χ2n) is 27.3. The zero-order valence-corrected chi connectivity index (χ0v) is 67.2. The second kappa shape index (κ2) is 52.4. The number of primary amides is 2. The summed E-state index contributed by atoms with van der Waals surface area (Å²) in [5, 5.41) is 56.8. The van der Waals surface area contributed by atoms with Crippen LogP contribution in [0.3, 0.4) is 0 Å². The highest BCUT2D eigenvalue weighted by atomic mass is 32.2. The number of imidazole rings is 1.